The van der Waals surface area contributed by atoms with Gasteiger partial charge < -0.3 is 25.8 Å². The predicted molar refractivity (Wildman–Crippen MR) is 157 cm³/mol. The molecule has 0 aromatic heterocycles. The number of carbonyl (C=O) groups is 2. The van der Waals surface area contributed by atoms with Gasteiger partial charge in [-0.3, -0.25) is 9.59 Å². The molecule has 0 radical (unpaired) electrons. The van der Waals surface area contributed by atoms with E-state index in [4.69, 9.17) is 4.74 Å². The Bertz CT molecular complexity index is 1160. The summed E-state index contributed by atoms with van der Waals surface area (Å²) in [7, 11) is 0. The predicted octanol–water partition coefficient (Wildman–Crippen LogP) is 3.86. The molecule has 1 aliphatic carbocycles. The highest BCUT2D eigenvalue weighted by Crippen LogP contribution is 2.45. The summed E-state index contributed by atoms with van der Waals surface area (Å²) in [5.74, 6) is 0.139. The number of carbonyl (C=O) groups excluding carboxylic acids is 2. The summed E-state index contributed by atoms with van der Waals surface area (Å²) in [5.41, 5.74) is 2.90. The zero-order chi connectivity index (χ0) is 28.5. The van der Waals surface area contributed by atoms with Crippen molar-refractivity contribution >= 4 is 23.6 Å². The Hall–Kier alpha value is -2.62. The first-order chi connectivity index (χ1) is 19.3. The summed E-state index contributed by atoms with van der Waals surface area (Å²) in [6.45, 7) is 2.74. The highest BCUT2D eigenvalue weighted by Gasteiger charge is 2.44. The van der Waals surface area contributed by atoms with Crippen LogP contribution < -0.4 is 20.7 Å². The lowest BCUT2D eigenvalue weighted by atomic mass is 9.98. The van der Waals surface area contributed by atoms with Gasteiger partial charge in [0.2, 0.25) is 11.8 Å². The van der Waals surface area contributed by atoms with E-state index in [1.807, 2.05) is 6.26 Å². The molecular weight excluding hydrogens is 529 g/mol. The Balaban J connectivity index is 1.55. The molecule has 2 amide bonds. The Morgan fingerprint density at radius 3 is 2.75 bits per heavy atom. The van der Waals surface area contributed by atoms with Crippen LogP contribution in [0.25, 0.3) is 0 Å². The van der Waals surface area contributed by atoms with Crippen LogP contribution in [0.15, 0.2) is 42.5 Å². The molecule has 2 aromatic carbocycles. The van der Waals surface area contributed by atoms with Gasteiger partial charge in [0.1, 0.15) is 17.6 Å². The molecule has 1 heterocycles. The number of rotatable bonds is 9. The van der Waals surface area contributed by atoms with Crippen molar-refractivity contribution in [3.63, 3.8) is 0 Å². The van der Waals surface area contributed by atoms with Crippen LogP contribution >= 0.6 is 11.8 Å². The van der Waals surface area contributed by atoms with Gasteiger partial charge in [0.25, 0.3) is 0 Å². The van der Waals surface area contributed by atoms with Crippen molar-refractivity contribution in [1.82, 2.24) is 16.0 Å². The van der Waals surface area contributed by atoms with Gasteiger partial charge in [0.15, 0.2) is 0 Å². The molecule has 218 valence electrons. The number of hydrogen-bond acceptors (Lipinski definition) is 6. The fraction of sp³-hybridized carbons (Fsp3) is 0.548. The van der Waals surface area contributed by atoms with Crippen molar-refractivity contribution in [1.29, 1.82) is 0 Å². The minimum absolute atomic E-state index is 0.188. The average molecular weight is 572 g/mol. The molecule has 2 aliphatic rings. The van der Waals surface area contributed by atoms with Crippen LogP contribution in [0, 0.1) is 5.82 Å². The number of fused-ring (bicyclic) bond motifs is 2. The monoisotopic (exact) mass is 571 g/mol. The molecule has 9 heteroatoms. The SMILES string of the molecule is CCc1cccc(C2(NC[C@@H](O)[C@@H]3Cc4cc(F)cc(c4)OCCCCC(=O)N[C@@H](CCSC)C(=O)N3)CC2)c1. The minimum Gasteiger partial charge on any atom is -0.493 e. The van der Waals surface area contributed by atoms with E-state index in [1.165, 1.54) is 23.3 Å². The fourth-order valence-corrected chi connectivity index (χ4v) is 5.69. The molecule has 40 heavy (non-hydrogen) atoms. The lowest BCUT2D eigenvalue weighted by molar-refractivity contribution is -0.130. The van der Waals surface area contributed by atoms with Crippen molar-refractivity contribution in [3.05, 3.63) is 65.0 Å². The van der Waals surface area contributed by atoms with Crippen molar-refractivity contribution < 1.29 is 23.8 Å². The zero-order valence-corrected chi connectivity index (χ0v) is 24.3. The summed E-state index contributed by atoms with van der Waals surface area (Å²) >= 11 is 1.60. The molecule has 0 saturated heterocycles. The molecular formula is C31H42FN3O4S. The largest absolute Gasteiger partial charge is 0.493 e. The molecule has 4 rings (SSSR count). The minimum atomic E-state index is -0.948. The number of nitrogens with one attached hydrogen (secondary N) is 3. The van der Waals surface area contributed by atoms with E-state index in [9.17, 15) is 19.1 Å². The molecule has 2 aromatic rings. The smallest absolute Gasteiger partial charge is 0.242 e. The van der Waals surface area contributed by atoms with Crippen molar-refractivity contribution in [2.45, 2.75) is 82.0 Å². The van der Waals surface area contributed by atoms with E-state index in [0.29, 0.717) is 42.9 Å². The Kier molecular flexibility index (Phi) is 10.9. The molecule has 0 spiro atoms. The lowest BCUT2D eigenvalue weighted by Crippen LogP contribution is -2.55. The van der Waals surface area contributed by atoms with Gasteiger partial charge >= 0.3 is 0 Å². The number of benzene rings is 2. The van der Waals surface area contributed by atoms with Crippen LogP contribution in [0.2, 0.25) is 0 Å². The highest BCUT2D eigenvalue weighted by atomic mass is 32.2. The standard InChI is InChI=1S/C31H42FN3O4S/c1-3-21-7-6-8-23(15-21)31(11-12-31)33-20-28(36)27-18-22-16-24(32)19-25(17-22)39-13-5-4-9-29(37)34-26(10-14-40-2)30(38)35-27/h6-8,15-17,19,26-28,33,36H,3-5,9-14,18,20H2,1-2H3,(H,34,37)(H,35,38)/t26-,27-,28+/m0/s1. The molecule has 4 N–H and O–H groups in total. The summed E-state index contributed by atoms with van der Waals surface area (Å²) < 4.78 is 20.3. The third-order valence-electron chi connectivity index (χ3n) is 7.80. The van der Waals surface area contributed by atoms with Gasteiger partial charge in [-0.15, -0.1) is 0 Å². The van der Waals surface area contributed by atoms with Gasteiger partial charge in [-0.05, 0) is 85.8 Å². The van der Waals surface area contributed by atoms with Gasteiger partial charge in [0, 0.05) is 24.6 Å². The second-order valence-corrected chi connectivity index (χ2v) is 11.9. The Labute approximate surface area is 241 Å². The zero-order valence-electron chi connectivity index (χ0n) is 23.5. The molecule has 1 fully saturated rings. The van der Waals surface area contributed by atoms with Gasteiger partial charge in [-0.2, -0.15) is 11.8 Å². The molecule has 3 atom stereocenters. The first-order valence-electron chi connectivity index (χ1n) is 14.4. The summed E-state index contributed by atoms with van der Waals surface area (Å²) in [4.78, 5) is 26.1. The second-order valence-electron chi connectivity index (χ2n) is 10.9. The van der Waals surface area contributed by atoms with E-state index in [0.717, 1.165) is 19.3 Å². The average Bonchev–Trinajstić information content (AvgIpc) is 3.74. The summed E-state index contributed by atoms with van der Waals surface area (Å²) in [6, 6.07) is 11.6. The van der Waals surface area contributed by atoms with E-state index >= 15 is 0 Å². The van der Waals surface area contributed by atoms with E-state index in [2.05, 4.69) is 47.1 Å². The molecule has 7 nitrogen and oxygen atoms in total. The van der Waals surface area contributed by atoms with Crippen molar-refractivity contribution in [2.24, 2.45) is 0 Å². The quantitative estimate of drug-likeness (QED) is 0.365. The fourth-order valence-electron chi connectivity index (χ4n) is 5.21. The maximum atomic E-state index is 14.5. The number of amides is 2. The third kappa shape index (κ3) is 8.44. The number of aryl methyl sites for hydroxylation is 1. The second kappa shape index (κ2) is 14.3. The van der Waals surface area contributed by atoms with Crippen molar-refractivity contribution in [3.8, 4) is 5.75 Å². The van der Waals surface area contributed by atoms with Crippen LogP contribution in [-0.2, 0) is 28.0 Å². The maximum Gasteiger partial charge on any atom is 0.242 e. The number of hydrogen-bond donors (Lipinski definition) is 4. The number of aliphatic hydroxyl groups is 1. The normalized spacial score (nSPS) is 22.2. The van der Waals surface area contributed by atoms with Gasteiger partial charge in [-0.1, -0.05) is 31.2 Å². The first-order valence-corrected chi connectivity index (χ1v) is 15.7. The number of aliphatic hydroxyl groups excluding tert-OH is 1. The topological polar surface area (TPSA) is 99.7 Å². The summed E-state index contributed by atoms with van der Waals surface area (Å²) in [5, 5.41) is 20.8. The highest BCUT2D eigenvalue weighted by molar-refractivity contribution is 7.98. The molecule has 2 bridgehead atoms. The van der Waals surface area contributed by atoms with Crippen LogP contribution in [0.4, 0.5) is 4.39 Å². The van der Waals surface area contributed by atoms with E-state index in [-0.39, 0.29) is 36.7 Å². The van der Waals surface area contributed by atoms with Gasteiger partial charge in [-0.25, -0.2) is 4.39 Å². The molecule has 1 saturated carbocycles. The number of ether oxygens (including phenoxy) is 1. The summed E-state index contributed by atoms with van der Waals surface area (Å²) in [6.07, 6.45) is 6.10. The maximum absolute atomic E-state index is 14.5. The van der Waals surface area contributed by atoms with Crippen LogP contribution in [0.1, 0.15) is 62.1 Å². The first kappa shape index (κ1) is 30.3. The Morgan fingerprint density at radius 1 is 1.18 bits per heavy atom. The number of thioether (sulfide) groups is 1. The molecule has 0 unspecified atom stereocenters. The number of halogens is 1. The van der Waals surface area contributed by atoms with Crippen molar-refractivity contribution in [2.75, 3.05) is 25.2 Å². The van der Waals surface area contributed by atoms with Crippen LogP contribution in [0.5, 0.6) is 5.75 Å². The third-order valence-corrected chi connectivity index (χ3v) is 8.44. The van der Waals surface area contributed by atoms with E-state index < -0.39 is 24.0 Å². The Morgan fingerprint density at radius 2 is 2.00 bits per heavy atom. The van der Waals surface area contributed by atoms with E-state index in [1.54, 1.807) is 17.8 Å². The van der Waals surface area contributed by atoms with Crippen LogP contribution in [-0.4, -0.2) is 60.3 Å². The lowest BCUT2D eigenvalue weighted by Gasteiger charge is -2.29. The molecule has 1 aliphatic heterocycles. The van der Waals surface area contributed by atoms with Gasteiger partial charge in [0.05, 0.1) is 18.8 Å². The van der Waals surface area contributed by atoms with Crippen LogP contribution in [0.3, 0.4) is 0 Å².